The van der Waals surface area contributed by atoms with Gasteiger partial charge in [-0.15, -0.1) is 48.5 Å². The van der Waals surface area contributed by atoms with E-state index in [-0.39, 0.29) is 29.6 Å². The molecule has 0 spiro atoms. The van der Waals surface area contributed by atoms with Crippen LogP contribution in [0.3, 0.4) is 0 Å². The van der Waals surface area contributed by atoms with E-state index >= 15 is 0 Å². The molecule has 144 valence electrons. The zero-order chi connectivity index (χ0) is 20.4. The third-order valence-corrected chi connectivity index (χ3v) is 11.8. The number of hydrogen-bond donors (Lipinski definition) is 0. The van der Waals surface area contributed by atoms with Gasteiger partial charge in [0.25, 0.3) is 13.1 Å². The Hall–Kier alpha value is -1.59. The van der Waals surface area contributed by atoms with Gasteiger partial charge in [-0.05, 0) is 27.7 Å². The Labute approximate surface area is 206 Å². The molecule has 0 heterocycles. The van der Waals surface area contributed by atoms with E-state index in [4.69, 9.17) is 0 Å². The molecule has 4 aromatic rings. The van der Waals surface area contributed by atoms with E-state index in [1.807, 2.05) is 0 Å². The minimum Gasteiger partial charge on any atom is -0.218 e. The van der Waals surface area contributed by atoms with Gasteiger partial charge in [0.15, 0.2) is 0 Å². The van der Waals surface area contributed by atoms with E-state index in [0.717, 1.165) is 0 Å². The summed E-state index contributed by atoms with van der Waals surface area (Å²) in [4.78, 5) is 0. The molecule has 0 saturated carbocycles. The van der Waals surface area contributed by atoms with Crippen molar-refractivity contribution < 1.29 is 29.6 Å². The van der Waals surface area contributed by atoms with Gasteiger partial charge >= 0.3 is 29.6 Å². The van der Waals surface area contributed by atoms with Crippen LogP contribution in [0.5, 0.6) is 0 Å². The summed E-state index contributed by atoms with van der Waals surface area (Å²) < 4.78 is 5.83. The third-order valence-electron chi connectivity index (χ3n) is 6.31. The van der Waals surface area contributed by atoms with E-state index in [0.29, 0.717) is 0 Å². The average Bonchev–Trinajstić information content (AvgIpc) is 2.73. The van der Waals surface area contributed by atoms with Crippen molar-refractivity contribution in [3.63, 3.8) is 0 Å². The molecule has 0 saturated heterocycles. The zero-order valence-electron chi connectivity index (χ0n) is 18.8. The van der Waals surface area contributed by atoms with Gasteiger partial charge in [0.1, 0.15) is 0 Å². The van der Waals surface area contributed by atoms with E-state index in [1.165, 1.54) is 40.0 Å². The summed E-state index contributed by atoms with van der Waals surface area (Å²) in [6.07, 6.45) is 0. The topological polar surface area (TPSA) is 0 Å². The van der Waals surface area contributed by atoms with E-state index in [1.54, 1.807) is 0 Å². The Morgan fingerprint density at radius 1 is 0.333 bits per heavy atom. The number of aryl methyl sites for hydroxylation is 4. The van der Waals surface area contributed by atoms with Crippen LogP contribution in [0.15, 0.2) is 97.1 Å². The van der Waals surface area contributed by atoms with Crippen LogP contribution >= 0.6 is 0 Å². The van der Waals surface area contributed by atoms with Crippen molar-refractivity contribution >= 4 is 30.8 Å². The fraction of sp³-hybridized carbons (Fsp3) is 0.143. The minimum atomic E-state index is -2.80. The summed E-state index contributed by atoms with van der Waals surface area (Å²) in [7, 11) is 0. The predicted octanol–water partition coefficient (Wildman–Crippen LogP) is 1.30. The summed E-state index contributed by atoms with van der Waals surface area (Å²) in [5, 5.41) is 0. The van der Waals surface area contributed by atoms with Gasteiger partial charge in [0.05, 0.1) is 0 Å². The molecule has 0 unspecified atom stereocenters. The van der Waals surface area contributed by atoms with Gasteiger partial charge in [0.2, 0.25) is 0 Å². The summed E-state index contributed by atoms with van der Waals surface area (Å²) in [5.41, 5.74) is 5.22. The van der Waals surface area contributed by atoms with Crippen LogP contribution in [0.2, 0.25) is 0 Å². The third kappa shape index (κ3) is 4.38. The molecule has 4 aromatic carbocycles. The summed E-state index contributed by atoms with van der Waals surface area (Å²) in [6, 6.07) is 37.0. The fourth-order valence-corrected chi connectivity index (χ4v) is 9.96. The Morgan fingerprint density at radius 2 is 0.500 bits per heavy atom. The van der Waals surface area contributed by atoms with E-state index < -0.39 is 13.1 Å². The van der Waals surface area contributed by atoms with Crippen LogP contribution < -0.4 is 47.3 Å². The second kappa shape index (κ2) is 9.70. The first-order valence-electron chi connectivity index (χ1n) is 10.4. The summed E-state index contributed by atoms with van der Waals surface area (Å²) >= 11 is -2.80. The van der Waals surface area contributed by atoms with Gasteiger partial charge in [-0.1, -0.05) is 70.8 Å². The van der Waals surface area contributed by atoms with Crippen LogP contribution in [0.4, 0.5) is 0 Å². The molecule has 0 amide bonds. The van der Waals surface area contributed by atoms with Crippen LogP contribution in [0.1, 0.15) is 22.3 Å². The molecule has 0 bridgehead atoms. The zero-order valence-corrected chi connectivity index (χ0v) is 22.0. The van der Waals surface area contributed by atoms with Crippen molar-refractivity contribution in [3.8, 4) is 0 Å². The minimum absolute atomic E-state index is 0. The maximum Gasteiger partial charge on any atom is 1.00 e. The molecule has 0 aliphatic carbocycles. The molecule has 2 heteroatoms. The molecule has 0 fully saturated rings. The van der Waals surface area contributed by atoms with Gasteiger partial charge in [-0.25, -0.2) is 17.7 Å². The Morgan fingerprint density at radius 3 is 0.667 bits per heavy atom. The predicted molar refractivity (Wildman–Crippen MR) is 129 cm³/mol. The van der Waals surface area contributed by atoms with Gasteiger partial charge < -0.3 is 0 Å². The Kier molecular flexibility index (Phi) is 7.46. The summed E-state index contributed by atoms with van der Waals surface area (Å²) in [6.45, 7) is 8.67. The second-order valence-corrected chi connectivity index (χ2v) is 12.9. The quantitative estimate of drug-likeness (QED) is 0.442. The molecule has 4 rings (SSSR count). The first-order valence-corrected chi connectivity index (χ1v) is 12.7. The van der Waals surface area contributed by atoms with Crippen LogP contribution in [-0.2, 0) is 0 Å². The molecule has 0 aliphatic rings. The normalized spacial score (nSPS) is 11.1. The second-order valence-electron chi connectivity index (χ2n) is 8.51. The van der Waals surface area contributed by atoms with Gasteiger partial charge in [-0.3, -0.25) is 0 Å². The maximum atomic E-state index is 2.36. The molecule has 0 atom stereocenters. The standard InChI is InChI=1S/4C7H7.Al.Na/c4*1-7-5-3-2-4-6-7;;/h4*3-6H,1H3;;/q;;;;-1;+1. The number of hydrogen-bond acceptors (Lipinski definition) is 0. The monoisotopic (exact) mass is 414 g/mol. The first kappa shape index (κ1) is 23.1. The smallest absolute Gasteiger partial charge is 0.218 e. The molecule has 0 nitrogen and oxygen atoms in total. The number of rotatable bonds is 4. The molecule has 0 N–H and O–H groups in total. The fourth-order valence-electron chi connectivity index (χ4n) is 4.58. The van der Waals surface area contributed by atoms with Gasteiger partial charge in [-0.2, -0.15) is 0 Å². The Bertz CT molecular complexity index is 906. The molecule has 0 radical (unpaired) electrons. The van der Waals surface area contributed by atoms with Crippen LogP contribution in [0, 0.1) is 27.7 Å². The molecular weight excluding hydrogens is 386 g/mol. The maximum absolute atomic E-state index is 2.80. The van der Waals surface area contributed by atoms with Crippen molar-refractivity contribution in [3.05, 3.63) is 119 Å². The molecule has 30 heavy (non-hydrogen) atoms. The van der Waals surface area contributed by atoms with Crippen LogP contribution in [-0.4, -0.2) is 13.1 Å². The van der Waals surface area contributed by atoms with Crippen molar-refractivity contribution in [1.82, 2.24) is 0 Å². The number of benzene rings is 4. The SMILES string of the molecule is Cc1cc[c]([Al-]([c]2ccc(C)cc2)([c]2ccc(C)cc2)[c]2ccc(C)cc2)cc1.[Na+]. The van der Waals surface area contributed by atoms with Crippen molar-refractivity contribution in [2.24, 2.45) is 0 Å². The van der Waals surface area contributed by atoms with E-state index in [9.17, 15) is 0 Å². The van der Waals surface area contributed by atoms with Crippen molar-refractivity contribution in [2.45, 2.75) is 27.7 Å². The summed E-state index contributed by atoms with van der Waals surface area (Å²) in [5.74, 6) is 0. The van der Waals surface area contributed by atoms with Crippen LogP contribution in [0.25, 0.3) is 0 Å². The average molecular weight is 415 g/mol. The first-order chi connectivity index (χ1) is 14.0. The molecule has 0 aromatic heterocycles. The molecular formula is C28H28AlNa. The van der Waals surface area contributed by atoms with Crippen molar-refractivity contribution in [2.75, 3.05) is 0 Å². The van der Waals surface area contributed by atoms with E-state index in [2.05, 4.69) is 125 Å². The van der Waals surface area contributed by atoms with Crippen molar-refractivity contribution in [1.29, 1.82) is 0 Å². The largest absolute Gasteiger partial charge is 1.00 e. The molecule has 0 aliphatic heterocycles. The Balaban J connectivity index is 0.00000256. The van der Waals surface area contributed by atoms with Gasteiger partial charge in [0, 0.05) is 0 Å².